The lowest BCUT2D eigenvalue weighted by Gasteiger charge is -2.29. The molecule has 1 atom stereocenters. The third-order valence-corrected chi connectivity index (χ3v) is 3.87. The fourth-order valence-electron chi connectivity index (χ4n) is 2.57. The van der Waals surface area contributed by atoms with Gasteiger partial charge in [-0.1, -0.05) is 26.7 Å². The number of aliphatic carboxylic acids is 1. The predicted octanol–water partition coefficient (Wildman–Crippen LogP) is 2.37. The van der Waals surface area contributed by atoms with Gasteiger partial charge in [0.2, 0.25) is 0 Å². The molecule has 1 fully saturated rings. The second kappa shape index (κ2) is 8.02. The summed E-state index contributed by atoms with van der Waals surface area (Å²) in [5.74, 6) is -0.621. The minimum absolute atomic E-state index is 0.173. The van der Waals surface area contributed by atoms with Gasteiger partial charge in [0.25, 0.3) is 0 Å². The molecule has 0 spiro atoms. The number of urea groups is 1. The van der Waals surface area contributed by atoms with Gasteiger partial charge in [0.05, 0.1) is 5.92 Å². The van der Waals surface area contributed by atoms with Crippen molar-refractivity contribution in [2.75, 3.05) is 6.54 Å². The SMILES string of the molecule is CCCC1CCC(NC(=O)NCC(C)C(=O)O)CC1. The summed E-state index contributed by atoms with van der Waals surface area (Å²) in [5.41, 5.74) is 0. The van der Waals surface area contributed by atoms with Crippen LogP contribution in [-0.4, -0.2) is 29.7 Å². The summed E-state index contributed by atoms with van der Waals surface area (Å²) in [6, 6.07) is 0.000261. The molecule has 0 saturated heterocycles. The highest BCUT2D eigenvalue weighted by Gasteiger charge is 2.22. The number of amides is 2. The summed E-state index contributed by atoms with van der Waals surface area (Å²) >= 11 is 0. The van der Waals surface area contributed by atoms with Gasteiger partial charge in [-0.3, -0.25) is 4.79 Å². The van der Waals surface area contributed by atoms with E-state index in [0.717, 1.165) is 18.8 Å². The Balaban J connectivity index is 2.18. The van der Waals surface area contributed by atoms with Crippen molar-refractivity contribution in [2.24, 2.45) is 11.8 Å². The van der Waals surface area contributed by atoms with E-state index in [9.17, 15) is 9.59 Å². The summed E-state index contributed by atoms with van der Waals surface area (Å²) in [6.45, 7) is 3.96. The fraction of sp³-hybridized carbons (Fsp3) is 0.857. The van der Waals surface area contributed by atoms with Crippen molar-refractivity contribution in [3.8, 4) is 0 Å². The van der Waals surface area contributed by atoms with Crippen LogP contribution in [0, 0.1) is 11.8 Å². The molecule has 0 aromatic rings. The monoisotopic (exact) mass is 270 g/mol. The van der Waals surface area contributed by atoms with Crippen LogP contribution in [0.1, 0.15) is 52.4 Å². The maximum absolute atomic E-state index is 11.6. The molecule has 0 aromatic heterocycles. The van der Waals surface area contributed by atoms with Crippen LogP contribution in [0.15, 0.2) is 0 Å². The zero-order valence-electron chi connectivity index (χ0n) is 11.9. The molecule has 0 heterocycles. The Morgan fingerprint density at radius 2 is 1.89 bits per heavy atom. The Morgan fingerprint density at radius 1 is 1.26 bits per heavy atom. The average Bonchev–Trinajstić information content (AvgIpc) is 2.38. The molecule has 2 amide bonds. The minimum atomic E-state index is -0.889. The second-order valence-electron chi connectivity index (χ2n) is 5.60. The Morgan fingerprint density at radius 3 is 2.42 bits per heavy atom. The molecule has 1 aliphatic rings. The van der Waals surface area contributed by atoms with E-state index < -0.39 is 11.9 Å². The van der Waals surface area contributed by atoms with Crippen LogP contribution >= 0.6 is 0 Å². The first-order valence-electron chi connectivity index (χ1n) is 7.30. The molecule has 0 aliphatic heterocycles. The average molecular weight is 270 g/mol. The van der Waals surface area contributed by atoms with E-state index in [2.05, 4.69) is 17.6 Å². The van der Waals surface area contributed by atoms with E-state index in [1.165, 1.54) is 25.7 Å². The number of hydrogen-bond donors (Lipinski definition) is 3. The van der Waals surface area contributed by atoms with Crippen LogP contribution in [0.2, 0.25) is 0 Å². The topological polar surface area (TPSA) is 78.4 Å². The Bertz CT molecular complexity index is 299. The van der Waals surface area contributed by atoms with Crippen LogP contribution < -0.4 is 10.6 Å². The smallest absolute Gasteiger partial charge is 0.315 e. The highest BCUT2D eigenvalue weighted by atomic mass is 16.4. The number of hydrogen-bond acceptors (Lipinski definition) is 2. The zero-order chi connectivity index (χ0) is 14.3. The highest BCUT2D eigenvalue weighted by molar-refractivity contribution is 5.75. The maximum Gasteiger partial charge on any atom is 0.315 e. The quantitative estimate of drug-likeness (QED) is 0.693. The summed E-state index contributed by atoms with van der Waals surface area (Å²) in [7, 11) is 0. The predicted molar refractivity (Wildman–Crippen MR) is 74.0 cm³/mol. The van der Waals surface area contributed by atoms with Gasteiger partial charge in [0.15, 0.2) is 0 Å². The van der Waals surface area contributed by atoms with Gasteiger partial charge in [-0.25, -0.2) is 4.79 Å². The molecule has 5 heteroatoms. The lowest BCUT2D eigenvalue weighted by atomic mass is 9.83. The third kappa shape index (κ3) is 5.94. The number of nitrogens with one attached hydrogen (secondary N) is 2. The normalized spacial score (nSPS) is 24.5. The standard InChI is InChI=1S/C14H26N2O3/c1-3-4-11-5-7-12(8-6-11)16-14(19)15-9-10(2)13(17)18/h10-12H,3-9H2,1-2H3,(H,17,18)(H2,15,16,19). The lowest BCUT2D eigenvalue weighted by Crippen LogP contribution is -2.45. The van der Waals surface area contributed by atoms with Gasteiger partial charge in [0, 0.05) is 12.6 Å². The summed E-state index contributed by atoms with van der Waals surface area (Å²) in [4.78, 5) is 22.3. The van der Waals surface area contributed by atoms with Crippen molar-refractivity contribution in [1.82, 2.24) is 10.6 Å². The van der Waals surface area contributed by atoms with Crippen molar-refractivity contribution in [3.63, 3.8) is 0 Å². The lowest BCUT2D eigenvalue weighted by molar-refractivity contribution is -0.140. The molecule has 110 valence electrons. The first kappa shape index (κ1) is 15.8. The third-order valence-electron chi connectivity index (χ3n) is 3.87. The number of carbonyl (C=O) groups excluding carboxylic acids is 1. The summed E-state index contributed by atoms with van der Waals surface area (Å²) in [6.07, 6.45) is 6.96. The van der Waals surface area contributed by atoms with Crippen molar-refractivity contribution in [1.29, 1.82) is 0 Å². The van der Waals surface area contributed by atoms with Gasteiger partial charge >= 0.3 is 12.0 Å². The van der Waals surface area contributed by atoms with Crippen LogP contribution in [0.3, 0.4) is 0 Å². The summed E-state index contributed by atoms with van der Waals surface area (Å²) in [5, 5.41) is 14.3. The van der Waals surface area contributed by atoms with Crippen LogP contribution in [0.4, 0.5) is 4.79 Å². The number of carboxylic acids is 1. The highest BCUT2D eigenvalue weighted by Crippen LogP contribution is 2.27. The van der Waals surface area contributed by atoms with Crippen molar-refractivity contribution >= 4 is 12.0 Å². The summed E-state index contributed by atoms with van der Waals surface area (Å²) < 4.78 is 0. The van der Waals surface area contributed by atoms with Gasteiger partial charge < -0.3 is 15.7 Å². The second-order valence-corrected chi connectivity index (χ2v) is 5.60. The first-order chi connectivity index (χ1) is 9.02. The Labute approximate surface area is 115 Å². The van der Waals surface area contributed by atoms with Crippen molar-refractivity contribution < 1.29 is 14.7 Å². The minimum Gasteiger partial charge on any atom is -0.481 e. The number of carbonyl (C=O) groups is 2. The van der Waals surface area contributed by atoms with Gasteiger partial charge in [-0.2, -0.15) is 0 Å². The van der Waals surface area contributed by atoms with Crippen LogP contribution in [0.25, 0.3) is 0 Å². The fourth-order valence-corrected chi connectivity index (χ4v) is 2.57. The molecule has 3 N–H and O–H groups in total. The molecule has 1 saturated carbocycles. The molecule has 0 aromatic carbocycles. The Kier molecular flexibility index (Phi) is 6.67. The van der Waals surface area contributed by atoms with Crippen molar-refractivity contribution in [3.05, 3.63) is 0 Å². The van der Waals surface area contributed by atoms with Crippen LogP contribution in [-0.2, 0) is 4.79 Å². The van der Waals surface area contributed by atoms with E-state index >= 15 is 0 Å². The number of rotatable bonds is 6. The zero-order valence-corrected chi connectivity index (χ0v) is 11.9. The van der Waals surface area contributed by atoms with Gasteiger partial charge in [0.1, 0.15) is 0 Å². The van der Waals surface area contributed by atoms with Gasteiger partial charge in [-0.15, -0.1) is 0 Å². The molecule has 0 radical (unpaired) electrons. The molecule has 0 bridgehead atoms. The number of carboxylic acid groups (broad SMARTS) is 1. The van der Waals surface area contributed by atoms with E-state index in [0.29, 0.717) is 0 Å². The molecule has 1 aliphatic carbocycles. The van der Waals surface area contributed by atoms with Gasteiger partial charge in [-0.05, 0) is 31.6 Å². The Hall–Kier alpha value is -1.26. The molecule has 1 rings (SSSR count). The molecule has 19 heavy (non-hydrogen) atoms. The van der Waals surface area contributed by atoms with E-state index in [1.807, 2.05) is 0 Å². The largest absolute Gasteiger partial charge is 0.481 e. The maximum atomic E-state index is 11.6. The van der Waals surface area contributed by atoms with Crippen molar-refractivity contribution in [2.45, 2.75) is 58.4 Å². The molecule has 1 unspecified atom stereocenters. The first-order valence-corrected chi connectivity index (χ1v) is 7.30. The van der Waals surface area contributed by atoms with E-state index in [1.54, 1.807) is 6.92 Å². The molecular formula is C14H26N2O3. The van der Waals surface area contributed by atoms with E-state index in [4.69, 9.17) is 5.11 Å². The molecule has 5 nitrogen and oxygen atoms in total. The van der Waals surface area contributed by atoms with Crippen LogP contribution in [0.5, 0.6) is 0 Å². The van der Waals surface area contributed by atoms with E-state index in [-0.39, 0.29) is 18.6 Å². The molecular weight excluding hydrogens is 244 g/mol.